The largest absolute Gasteiger partial charge is 0.433 e. The highest BCUT2D eigenvalue weighted by Gasteiger charge is 2.24. The van der Waals surface area contributed by atoms with E-state index in [1.807, 2.05) is 0 Å². The van der Waals surface area contributed by atoms with Crippen LogP contribution in [0.4, 0.5) is 11.5 Å². The molecule has 0 amide bonds. The lowest BCUT2D eigenvalue weighted by Gasteiger charge is -2.08. The Morgan fingerprint density at radius 3 is 2.52 bits per heavy atom. The summed E-state index contributed by atoms with van der Waals surface area (Å²) in [7, 11) is 0. The molecule has 1 N–H and O–H groups in total. The summed E-state index contributed by atoms with van der Waals surface area (Å²) in [6.45, 7) is 2.27. The summed E-state index contributed by atoms with van der Waals surface area (Å²) in [5, 5.41) is 14.7. The van der Waals surface area contributed by atoms with Crippen LogP contribution in [0.1, 0.15) is 6.92 Å². The summed E-state index contributed by atoms with van der Waals surface area (Å²) in [5.74, 6) is 0.140. The lowest BCUT2D eigenvalue weighted by atomic mass is 10.3. The lowest BCUT2D eigenvalue weighted by Crippen LogP contribution is -2.06. The molecule has 0 spiro atoms. The number of benzene rings is 1. The zero-order valence-electron chi connectivity index (χ0n) is 10.8. The molecule has 2 aromatic rings. The van der Waals surface area contributed by atoms with Crippen LogP contribution in [-0.2, 0) is 0 Å². The average molecular weight is 329 g/mol. The number of nitrogens with zero attached hydrogens (tertiary/aromatic N) is 3. The molecule has 0 saturated carbocycles. The third kappa shape index (κ3) is 3.71. The maximum atomic E-state index is 11.2. The molecular weight excluding hydrogens is 319 g/mol. The fraction of sp³-hybridized carbons (Fsp3) is 0.167. The Balaban J connectivity index is 2.43. The number of nitro groups is 1. The van der Waals surface area contributed by atoms with Gasteiger partial charge in [-0.2, -0.15) is 4.98 Å². The van der Waals surface area contributed by atoms with E-state index >= 15 is 0 Å². The molecule has 110 valence electrons. The van der Waals surface area contributed by atoms with Gasteiger partial charge in [0.05, 0.1) is 4.92 Å². The van der Waals surface area contributed by atoms with Crippen molar-refractivity contribution in [2.45, 2.75) is 6.92 Å². The van der Waals surface area contributed by atoms with Crippen molar-refractivity contribution in [3.05, 3.63) is 44.7 Å². The van der Waals surface area contributed by atoms with Crippen molar-refractivity contribution in [3.8, 4) is 11.6 Å². The van der Waals surface area contributed by atoms with E-state index in [0.717, 1.165) is 0 Å². The topological polar surface area (TPSA) is 90.2 Å². The van der Waals surface area contributed by atoms with Gasteiger partial charge < -0.3 is 10.1 Å². The first-order valence-electron chi connectivity index (χ1n) is 5.88. The van der Waals surface area contributed by atoms with Crippen LogP contribution in [0.15, 0.2) is 24.5 Å². The van der Waals surface area contributed by atoms with Crippen LogP contribution in [0.3, 0.4) is 0 Å². The fourth-order valence-electron chi connectivity index (χ4n) is 1.60. The summed E-state index contributed by atoms with van der Waals surface area (Å²) >= 11 is 11.7. The van der Waals surface area contributed by atoms with Gasteiger partial charge in [0.25, 0.3) is 0 Å². The smallest absolute Gasteiger partial charge is 0.373 e. The molecule has 0 saturated heterocycles. The van der Waals surface area contributed by atoms with Crippen LogP contribution in [-0.4, -0.2) is 21.4 Å². The number of ether oxygens (including phenoxy) is 1. The SMILES string of the molecule is CCNc1ncnc(Oc2cc(Cl)cc(Cl)c2)c1[N+](=O)[O-]. The highest BCUT2D eigenvalue weighted by atomic mass is 35.5. The Labute approximate surface area is 130 Å². The number of halogens is 2. The zero-order valence-corrected chi connectivity index (χ0v) is 12.4. The maximum Gasteiger partial charge on any atom is 0.373 e. The minimum absolute atomic E-state index is 0.0839. The summed E-state index contributed by atoms with van der Waals surface area (Å²) in [6, 6.07) is 4.48. The quantitative estimate of drug-likeness (QED) is 0.660. The molecule has 9 heteroatoms. The average Bonchev–Trinajstić information content (AvgIpc) is 2.37. The Bertz CT molecular complexity index is 661. The molecule has 1 aromatic carbocycles. The summed E-state index contributed by atoms with van der Waals surface area (Å²) in [5.41, 5.74) is -0.351. The van der Waals surface area contributed by atoms with Gasteiger partial charge in [-0.1, -0.05) is 23.2 Å². The first-order chi connectivity index (χ1) is 10.0. The van der Waals surface area contributed by atoms with Crippen molar-refractivity contribution in [2.75, 3.05) is 11.9 Å². The third-order valence-electron chi connectivity index (χ3n) is 2.37. The number of aromatic nitrogens is 2. The first kappa shape index (κ1) is 15.3. The van der Waals surface area contributed by atoms with Crippen LogP contribution in [0.2, 0.25) is 10.0 Å². The van der Waals surface area contributed by atoms with Crippen molar-refractivity contribution in [1.82, 2.24) is 9.97 Å². The van der Waals surface area contributed by atoms with Crippen molar-refractivity contribution in [1.29, 1.82) is 0 Å². The molecule has 0 aliphatic rings. The Morgan fingerprint density at radius 1 is 1.29 bits per heavy atom. The van der Waals surface area contributed by atoms with Crippen LogP contribution < -0.4 is 10.1 Å². The van der Waals surface area contributed by atoms with Crippen molar-refractivity contribution in [2.24, 2.45) is 0 Å². The molecular formula is C12H10Cl2N4O3. The third-order valence-corrected chi connectivity index (χ3v) is 2.80. The van der Waals surface area contributed by atoms with Crippen LogP contribution >= 0.6 is 23.2 Å². The molecule has 7 nitrogen and oxygen atoms in total. The Kier molecular flexibility index (Phi) is 4.77. The standard InChI is InChI=1S/C12H10Cl2N4O3/c1-2-15-11-10(18(19)20)12(17-6-16-11)21-9-4-7(13)3-8(14)5-9/h3-6H,2H2,1H3,(H,15,16,17). The van der Waals surface area contributed by atoms with Gasteiger partial charge in [0.1, 0.15) is 12.1 Å². The van der Waals surface area contributed by atoms with Crippen molar-refractivity contribution >= 4 is 34.7 Å². The van der Waals surface area contributed by atoms with Gasteiger partial charge in [0, 0.05) is 16.6 Å². The van der Waals surface area contributed by atoms with E-state index in [4.69, 9.17) is 27.9 Å². The zero-order chi connectivity index (χ0) is 15.4. The summed E-state index contributed by atoms with van der Waals surface area (Å²) in [4.78, 5) is 18.2. The predicted octanol–water partition coefficient (Wildman–Crippen LogP) is 3.92. The van der Waals surface area contributed by atoms with Crippen LogP contribution in [0, 0.1) is 10.1 Å². The predicted molar refractivity (Wildman–Crippen MR) is 79.4 cm³/mol. The van der Waals surface area contributed by atoms with Gasteiger partial charge >= 0.3 is 11.6 Å². The van der Waals surface area contributed by atoms with Crippen LogP contribution in [0.25, 0.3) is 0 Å². The monoisotopic (exact) mass is 328 g/mol. The highest BCUT2D eigenvalue weighted by Crippen LogP contribution is 2.35. The van der Waals surface area contributed by atoms with E-state index in [1.165, 1.54) is 24.5 Å². The molecule has 1 heterocycles. The number of rotatable bonds is 5. The molecule has 21 heavy (non-hydrogen) atoms. The normalized spacial score (nSPS) is 10.2. The molecule has 1 aromatic heterocycles. The van der Waals surface area contributed by atoms with E-state index in [1.54, 1.807) is 6.92 Å². The second-order valence-electron chi connectivity index (χ2n) is 3.87. The lowest BCUT2D eigenvalue weighted by molar-refractivity contribution is -0.385. The first-order valence-corrected chi connectivity index (χ1v) is 6.64. The second-order valence-corrected chi connectivity index (χ2v) is 4.74. The Hall–Kier alpha value is -2.12. The van der Waals surface area contributed by atoms with Crippen molar-refractivity contribution < 1.29 is 9.66 Å². The van der Waals surface area contributed by atoms with Crippen molar-refractivity contribution in [3.63, 3.8) is 0 Å². The number of nitrogens with one attached hydrogen (secondary N) is 1. The highest BCUT2D eigenvalue weighted by molar-refractivity contribution is 6.34. The molecule has 2 rings (SSSR count). The van der Waals surface area contributed by atoms with Gasteiger partial charge in [0.15, 0.2) is 0 Å². The fourth-order valence-corrected chi connectivity index (χ4v) is 2.10. The molecule has 0 radical (unpaired) electrons. The van der Waals surface area contributed by atoms with Crippen LogP contribution in [0.5, 0.6) is 11.6 Å². The molecule has 0 fully saturated rings. The van der Waals surface area contributed by atoms with E-state index in [2.05, 4.69) is 15.3 Å². The molecule has 0 bridgehead atoms. The van der Waals surface area contributed by atoms with Gasteiger partial charge in [0.2, 0.25) is 5.82 Å². The maximum absolute atomic E-state index is 11.2. The van der Waals surface area contributed by atoms with E-state index < -0.39 is 4.92 Å². The minimum atomic E-state index is -0.612. The number of hydrogen-bond donors (Lipinski definition) is 1. The van der Waals surface area contributed by atoms with Gasteiger partial charge in [-0.15, -0.1) is 0 Å². The molecule has 0 aliphatic carbocycles. The Morgan fingerprint density at radius 2 is 1.95 bits per heavy atom. The van der Waals surface area contributed by atoms with Gasteiger partial charge in [-0.25, -0.2) is 4.98 Å². The minimum Gasteiger partial charge on any atom is -0.433 e. The molecule has 0 atom stereocenters. The van der Waals surface area contributed by atoms with E-state index in [0.29, 0.717) is 16.6 Å². The second kappa shape index (κ2) is 6.55. The van der Waals surface area contributed by atoms with Gasteiger partial charge in [-0.05, 0) is 25.1 Å². The van der Waals surface area contributed by atoms with E-state index in [9.17, 15) is 10.1 Å². The number of anilines is 1. The molecule has 0 unspecified atom stereocenters. The summed E-state index contributed by atoms with van der Waals surface area (Å²) in [6.07, 6.45) is 1.17. The number of hydrogen-bond acceptors (Lipinski definition) is 6. The summed E-state index contributed by atoms with van der Waals surface area (Å²) < 4.78 is 5.42. The van der Waals surface area contributed by atoms with Gasteiger partial charge in [-0.3, -0.25) is 10.1 Å². The van der Waals surface area contributed by atoms with E-state index in [-0.39, 0.29) is 23.1 Å². The molecule has 0 aliphatic heterocycles.